The Kier molecular flexibility index (Phi) is 4.22. The molecule has 2 aromatic rings. The molecule has 1 nitrogen and oxygen atoms in total. The molecule has 0 aliphatic carbocycles. The fourth-order valence-electron chi connectivity index (χ4n) is 1.55. The molecule has 0 spiro atoms. The third-order valence-electron chi connectivity index (χ3n) is 2.51. The molecule has 0 saturated carbocycles. The van der Waals surface area contributed by atoms with Gasteiger partial charge in [-0.3, -0.25) is 0 Å². The topological polar surface area (TPSA) is 12.0 Å². The van der Waals surface area contributed by atoms with Crippen molar-refractivity contribution in [2.75, 3.05) is 5.32 Å². The smallest absolute Gasteiger partial charge is 0.194 e. The number of rotatable bonds is 3. The van der Waals surface area contributed by atoms with E-state index in [-0.39, 0.29) is 12.2 Å². The molecule has 0 aromatic heterocycles. The van der Waals surface area contributed by atoms with Crippen LogP contribution >= 0.6 is 23.2 Å². The van der Waals surface area contributed by atoms with Gasteiger partial charge in [-0.15, -0.1) is 0 Å². The van der Waals surface area contributed by atoms with Gasteiger partial charge in [-0.25, -0.2) is 13.2 Å². The van der Waals surface area contributed by atoms with E-state index in [9.17, 15) is 13.2 Å². The van der Waals surface area contributed by atoms with Crippen LogP contribution in [0.2, 0.25) is 10.0 Å². The third-order valence-corrected chi connectivity index (χ3v) is 3.22. The second-order valence-corrected chi connectivity index (χ2v) is 4.62. The number of halogens is 5. The Labute approximate surface area is 118 Å². The number of hydrogen-bond donors (Lipinski definition) is 1. The summed E-state index contributed by atoms with van der Waals surface area (Å²) in [5.41, 5.74) is 0.698. The monoisotopic (exact) mass is 305 g/mol. The molecular weight excluding hydrogens is 298 g/mol. The minimum Gasteiger partial charge on any atom is -0.381 e. The first-order valence-corrected chi connectivity index (χ1v) is 6.06. The first-order valence-electron chi connectivity index (χ1n) is 5.30. The summed E-state index contributed by atoms with van der Waals surface area (Å²) in [6.07, 6.45) is 0. The lowest BCUT2D eigenvalue weighted by Gasteiger charge is -2.10. The summed E-state index contributed by atoms with van der Waals surface area (Å²) in [4.78, 5) is 0. The highest BCUT2D eigenvalue weighted by molar-refractivity contribution is 6.36. The predicted octanol–water partition coefficient (Wildman–Crippen LogP) is 5.02. The van der Waals surface area contributed by atoms with Gasteiger partial charge in [0.25, 0.3) is 0 Å². The van der Waals surface area contributed by atoms with Gasteiger partial charge in [0, 0.05) is 40.0 Å². The molecule has 0 fully saturated rings. The van der Waals surface area contributed by atoms with Crippen molar-refractivity contribution in [1.29, 1.82) is 0 Å². The summed E-state index contributed by atoms with van der Waals surface area (Å²) in [5.74, 6) is -4.01. The maximum atomic E-state index is 13.0. The average Bonchev–Trinajstić information content (AvgIpc) is 2.35. The van der Waals surface area contributed by atoms with E-state index in [4.69, 9.17) is 23.2 Å². The maximum absolute atomic E-state index is 13.0. The molecule has 0 amide bonds. The molecule has 0 atom stereocenters. The minimum absolute atomic E-state index is 0.104. The molecule has 0 saturated heterocycles. The molecule has 6 heteroatoms. The van der Waals surface area contributed by atoms with Gasteiger partial charge in [-0.2, -0.15) is 0 Å². The molecule has 0 unspecified atom stereocenters. The van der Waals surface area contributed by atoms with Crippen molar-refractivity contribution in [1.82, 2.24) is 0 Å². The second-order valence-electron chi connectivity index (χ2n) is 3.81. The van der Waals surface area contributed by atoms with Crippen LogP contribution < -0.4 is 5.32 Å². The summed E-state index contributed by atoms with van der Waals surface area (Å²) in [7, 11) is 0. The van der Waals surface area contributed by atoms with Crippen molar-refractivity contribution >= 4 is 28.9 Å². The van der Waals surface area contributed by atoms with Crippen LogP contribution in [-0.2, 0) is 6.54 Å². The Morgan fingerprint density at radius 3 is 2.00 bits per heavy atom. The van der Waals surface area contributed by atoms with Crippen LogP contribution in [0.3, 0.4) is 0 Å². The van der Waals surface area contributed by atoms with Gasteiger partial charge in [0.2, 0.25) is 0 Å². The highest BCUT2D eigenvalue weighted by Gasteiger charge is 2.11. The first-order chi connectivity index (χ1) is 8.99. The van der Waals surface area contributed by atoms with Gasteiger partial charge < -0.3 is 5.32 Å². The Morgan fingerprint density at radius 1 is 0.947 bits per heavy atom. The van der Waals surface area contributed by atoms with E-state index in [0.29, 0.717) is 15.6 Å². The zero-order chi connectivity index (χ0) is 14.0. The quantitative estimate of drug-likeness (QED) is 0.785. The van der Waals surface area contributed by atoms with Crippen molar-refractivity contribution < 1.29 is 13.2 Å². The predicted molar refractivity (Wildman–Crippen MR) is 70.1 cm³/mol. The minimum atomic E-state index is -1.50. The third kappa shape index (κ3) is 3.14. The molecule has 0 aliphatic heterocycles. The second kappa shape index (κ2) is 5.72. The summed E-state index contributed by atoms with van der Waals surface area (Å²) >= 11 is 11.9. The maximum Gasteiger partial charge on any atom is 0.194 e. The molecule has 19 heavy (non-hydrogen) atoms. The summed E-state index contributed by atoms with van der Waals surface area (Å²) in [5, 5.41) is 3.60. The molecule has 2 rings (SSSR count). The van der Waals surface area contributed by atoms with Crippen molar-refractivity contribution in [3.05, 3.63) is 63.4 Å². The van der Waals surface area contributed by atoms with E-state index in [1.165, 1.54) is 0 Å². The Bertz CT molecular complexity index is 574. The Balaban J connectivity index is 2.19. The first kappa shape index (κ1) is 14.0. The average molecular weight is 306 g/mol. The molecule has 0 radical (unpaired) electrons. The van der Waals surface area contributed by atoms with E-state index >= 15 is 0 Å². The number of anilines is 1. The number of nitrogens with one attached hydrogen (secondary N) is 1. The standard InChI is InChI=1S/C13H8Cl2F3N/c14-9-2-1-3-10(15)8(9)6-19-7-4-11(16)13(18)12(17)5-7/h1-5,19H,6H2. The molecule has 0 bridgehead atoms. The summed E-state index contributed by atoms with van der Waals surface area (Å²) in [6, 6.07) is 6.71. The Morgan fingerprint density at radius 2 is 1.47 bits per heavy atom. The van der Waals surface area contributed by atoms with E-state index in [2.05, 4.69) is 5.32 Å². The number of hydrogen-bond acceptors (Lipinski definition) is 1. The van der Waals surface area contributed by atoms with Gasteiger partial charge in [-0.1, -0.05) is 29.3 Å². The lowest BCUT2D eigenvalue weighted by molar-refractivity contribution is 0.447. The van der Waals surface area contributed by atoms with Gasteiger partial charge in [0.1, 0.15) is 0 Å². The zero-order valence-corrected chi connectivity index (χ0v) is 11.0. The molecule has 1 N–H and O–H groups in total. The lowest BCUT2D eigenvalue weighted by atomic mass is 10.2. The van der Waals surface area contributed by atoms with Gasteiger partial charge in [0.05, 0.1) is 0 Å². The lowest BCUT2D eigenvalue weighted by Crippen LogP contribution is -2.03. The highest BCUT2D eigenvalue weighted by atomic mass is 35.5. The SMILES string of the molecule is Fc1cc(NCc2c(Cl)cccc2Cl)cc(F)c1F. The van der Waals surface area contributed by atoms with Crippen LogP contribution in [0.4, 0.5) is 18.9 Å². The fraction of sp³-hybridized carbons (Fsp3) is 0.0769. The Hall–Kier alpha value is -1.39. The summed E-state index contributed by atoms with van der Waals surface area (Å²) < 4.78 is 38.8. The number of benzene rings is 2. The van der Waals surface area contributed by atoms with Crippen molar-refractivity contribution in [3.63, 3.8) is 0 Å². The van der Waals surface area contributed by atoms with Gasteiger partial charge >= 0.3 is 0 Å². The van der Waals surface area contributed by atoms with Crippen molar-refractivity contribution in [2.24, 2.45) is 0 Å². The zero-order valence-electron chi connectivity index (χ0n) is 9.48. The van der Waals surface area contributed by atoms with Crippen molar-refractivity contribution in [3.8, 4) is 0 Å². The molecule has 100 valence electrons. The van der Waals surface area contributed by atoms with E-state index < -0.39 is 17.5 Å². The van der Waals surface area contributed by atoms with Crippen LogP contribution in [0.15, 0.2) is 30.3 Å². The highest BCUT2D eigenvalue weighted by Crippen LogP contribution is 2.25. The van der Waals surface area contributed by atoms with Crippen LogP contribution in [0, 0.1) is 17.5 Å². The van der Waals surface area contributed by atoms with Gasteiger partial charge in [0.15, 0.2) is 17.5 Å². The molecule has 0 heterocycles. The largest absolute Gasteiger partial charge is 0.381 e. The van der Waals surface area contributed by atoms with Gasteiger partial charge in [-0.05, 0) is 12.1 Å². The fourth-order valence-corrected chi connectivity index (χ4v) is 2.08. The molecule has 2 aromatic carbocycles. The van der Waals surface area contributed by atoms with E-state index in [1.54, 1.807) is 18.2 Å². The normalized spacial score (nSPS) is 10.6. The summed E-state index contributed by atoms with van der Waals surface area (Å²) in [6.45, 7) is 0.170. The molecule has 0 aliphatic rings. The van der Waals surface area contributed by atoms with Crippen molar-refractivity contribution in [2.45, 2.75) is 6.54 Å². The van der Waals surface area contributed by atoms with Crippen LogP contribution in [0.25, 0.3) is 0 Å². The van der Waals surface area contributed by atoms with E-state index in [1.807, 2.05) is 0 Å². The van der Waals surface area contributed by atoms with Crippen LogP contribution in [0.5, 0.6) is 0 Å². The van der Waals surface area contributed by atoms with E-state index in [0.717, 1.165) is 12.1 Å². The molecular formula is C13H8Cl2F3N. The van der Waals surface area contributed by atoms with Crippen LogP contribution in [0.1, 0.15) is 5.56 Å². The van der Waals surface area contributed by atoms with Crippen LogP contribution in [-0.4, -0.2) is 0 Å².